The van der Waals surface area contributed by atoms with E-state index in [9.17, 15) is 4.79 Å². The molecule has 1 aromatic carbocycles. The van der Waals surface area contributed by atoms with Gasteiger partial charge in [0.2, 0.25) is 5.91 Å². The normalized spacial score (nSPS) is 16.0. The second-order valence-electron chi connectivity index (χ2n) is 7.56. The van der Waals surface area contributed by atoms with Crippen LogP contribution in [-0.4, -0.2) is 42.0 Å². The van der Waals surface area contributed by atoms with Gasteiger partial charge in [-0.25, -0.2) is 4.98 Å². The van der Waals surface area contributed by atoms with Crippen LogP contribution in [0.4, 0.5) is 5.82 Å². The van der Waals surface area contributed by atoms with Crippen LogP contribution in [0.1, 0.15) is 37.8 Å². The average molecular weight is 351 g/mol. The average Bonchev–Trinajstić information content (AvgIpc) is 2.68. The number of piperazine rings is 1. The molecule has 1 unspecified atom stereocenters. The molecule has 1 atom stereocenters. The molecule has 0 saturated carbocycles. The van der Waals surface area contributed by atoms with Crippen molar-refractivity contribution < 1.29 is 4.79 Å². The van der Waals surface area contributed by atoms with Gasteiger partial charge in [0.05, 0.1) is 5.92 Å². The lowest BCUT2D eigenvalue weighted by Crippen LogP contribution is -2.50. The maximum absolute atomic E-state index is 12.9. The third kappa shape index (κ3) is 4.43. The molecule has 1 saturated heterocycles. The summed E-state index contributed by atoms with van der Waals surface area (Å²) in [4.78, 5) is 21.5. The fraction of sp³-hybridized carbons (Fsp3) is 0.455. The minimum atomic E-state index is -0.0931. The zero-order valence-corrected chi connectivity index (χ0v) is 16.1. The molecule has 0 radical (unpaired) electrons. The molecule has 0 N–H and O–H groups in total. The Labute approximate surface area is 156 Å². The number of carbonyl (C=O) groups is 1. The predicted molar refractivity (Wildman–Crippen MR) is 106 cm³/mol. The SMILES string of the molecule is CC(C)Cc1ccc(C(C)C(=O)N2CCN(c3ccccn3)CC2)cc1. The highest BCUT2D eigenvalue weighted by molar-refractivity contribution is 5.83. The molecular weight excluding hydrogens is 322 g/mol. The second-order valence-corrected chi connectivity index (χ2v) is 7.56. The summed E-state index contributed by atoms with van der Waals surface area (Å²) in [6.07, 6.45) is 2.90. The lowest BCUT2D eigenvalue weighted by atomic mass is 9.95. The van der Waals surface area contributed by atoms with E-state index in [-0.39, 0.29) is 11.8 Å². The van der Waals surface area contributed by atoms with E-state index in [1.165, 1.54) is 5.56 Å². The molecule has 2 heterocycles. The first-order valence-electron chi connectivity index (χ1n) is 9.58. The maximum atomic E-state index is 12.9. The van der Waals surface area contributed by atoms with Crippen LogP contribution >= 0.6 is 0 Å². The highest BCUT2D eigenvalue weighted by atomic mass is 16.2. The minimum absolute atomic E-state index is 0.0931. The maximum Gasteiger partial charge on any atom is 0.229 e. The first-order valence-corrected chi connectivity index (χ1v) is 9.58. The Balaban J connectivity index is 1.57. The number of anilines is 1. The molecule has 0 bridgehead atoms. The molecule has 0 aliphatic carbocycles. The van der Waals surface area contributed by atoms with Crippen LogP contribution in [0.15, 0.2) is 48.7 Å². The summed E-state index contributed by atoms with van der Waals surface area (Å²) in [5, 5.41) is 0. The smallest absolute Gasteiger partial charge is 0.229 e. The molecule has 26 heavy (non-hydrogen) atoms. The van der Waals surface area contributed by atoms with Gasteiger partial charge in [-0.15, -0.1) is 0 Å². The summed E-state index contributed by atoms with van der Waals surface area (Å²) in [6, 6.07) is 14.5. The molecule has 3 rings (SSSR count). The van der Waals surface area contributed by atoms with Gasteiger partial charge >= 0.3 is 0 Å². The number of amides is 1. The predicted octanol–water partition coefficient (Wildman–Crippen LogP) is 3.73. The molecular formula is C22H29N3O. The van der Waals surface area contributed by atoms with Crippen LogP contribution in [0, 0.1) is 5.92 Å². The summed E-state index contributed by atoms with van der Waals surface area (Å²) >= 11 is 0. The molecule has 1 fully saturated rings. The number of carbonyl (C=O) groups excluding carboxylic acids is 1. The fourth-order valence-corrected chi connectivity index (χ4v) is 3.53. The number of nitrogens with zero attached hydrogens (tertiary/aromatic N) is 3. The number of pyridine rings is 1. The van der Waals surface area contributed by atoms with Crippen LogP contribution in [0.25, 0.3) is 0 Å². The topological polar surface area (TPSA) is 36.4 Å². The molecule has 1 aliphatic heterocycles. The summed E-state index contributed by atoms with van der Waals surface area (Å²) in [5.41, 5.74) is 2.45. The number of aromatic nitrogens is 1. The van der Waals surface area contributed by atoms with Crippen molar-refractivity contribution in [3.63, 3.8) is 0 Å². The van der Waals surface area contributed by atoms with Crippen molar-refractivity contribution in [2.75, 3.05) is 31.1 Å². The van der Waals surface area contributed by atoms with Gasteiger partial charge < -0.3 is 9.80 Å². The van der Waals surface area contributed by atoms with Gasteiger partial charge in [0.15, 0.2) is 0 Å². The quantitative estimate of drug-likeness (QED) is 0.823. The molecule has 1 amide bonds. The van der Waals surface area contributed by atoms with E-state index in [2.05, 4.69) is 48.0 Å². The first-order chi connectivity index (χ1) is 12.5. The van der Waals surface area contributed by atoms with E-state index in [0.717, 1.165) is 44.0 Å². The summed E-state index contributed by atoms with van der Waals surface area (Å²) in [5.74, 6) is 1.77. The van der Waals surface area contributed by atoms with E-state index in [0.29, 0.717) is 5.92 Å². The highest BCUT2D eigenvalue weighted by Crippen LogP contribution is 2.21. The lowest BCUT2D eigenvalue weighted by Gasteiger charge is -2.36. The van der Waals surface area contributed by atoms with Gasteiger partial charge in [0, 0.05) is 32.4 Å². The molecule has 1 aliphatic rings. The van der Waals surface area contributed by atoms with Gasteiger partial charge in [-0.05, 0) is 42.5 Å². The zero-order chi connectivity index (χ0) is 18.5. The van der Waals surface area contributed by atoms with E-state index >= 15 is 0 Å². The van der Waals surface area contributed by atoms with Crippen molar-refractivity contribution in [3.8, 4) is 0 Å². The number of rotatable bonds is 5. The number of hydrogen-bond donors (Lipinski definition) is 0. The Hall–Kier alpha value is -2.36. The zero-order valence-electron chi connectivity index (χ0n) is 16.1. The van der Waals surface area contributed by atoms with Crippen molar-refractivity contribution in [2.24, 2.45) is 5.92 Å². The Morgan fingerprint density at radius 3 is 2.27 bits per heavy atom. The van der Waals surface area contributed by atoms with Gasteiger partial charge in [0.1, 0.15) is 5.82 Å². The largest absolute Gasteiger partial charge is 0.353 e. The van der Waals surface area contributed by atoms with Crippen LogP contribution in [0.5, 0.6) is 0 Å². The lowest BCUT2D eigenvalue weighted by molar-refractivity contribution is -0.132. The van der Waals surface area contributed by atoms with Crippen LogP contribution in [0.2, 0.25) is 0 Å². The van der Waals surface area contributed by atoms with E-state index < -0.39 is 0 Å². The van der Waals surface area contributed by atoms with E-state index in [1.54, 1.807) is 0 Å². The van der Waals surface area contributed by atoms with Crippen molar-refractivity contribution in [3.05, 3.63) is 59.8 Å². The third-order valence-corrected chi connectivity index (χ3v) is 5.06. The highest BCUT2D eigenvalue weighted by Gasteiger charge is 2.26. The first kappa shape index (κ1) is 18.4. The molecule has 1 aromatic heterocycles. The van der Waals surface area contributed by atoms with Gasteiger partial charge in [-0.2, -0.15) is 0 Å². The molecule has 4 heteroatoms. The van der Waals surface area contributed by atoms with Gasteiger partial charge in [0.25, 0.3) is 0 Å². The third-order valence-electron chi connectivity index (χ3n) is 5.06. The molecule has 4 nitrogen and oxygen atoms in total. The van der Waals surface area contributed by atoms with Crippen LogP contribution < -0.4 is 4.90 Å². The standard InChI is InChI=1S/C22H29N3O/c1-17(2)16-19-7-9-20(10-8-19)18(3)22(26)25-14-12-24(13-15-25)21-6-4-5-11-23-21/h4-11,17-18H,12-16H2,1-3H3. The number of hydrogen-bond acceptors (Lipinski definition) is 3. The Bertz CT molecular complexity index is 704. The Morgan fingerprint density at radius 1 is 1.00 bits per heavy atom. The minimum Gasteiger partial charge on any atom is -0.353 e. The van der Waals surface area contributed by atoms with Crippen molar-refractivity contribution in [1.82, 2.24) is 9.88 Å². The summed E-state index contributed by atoms with van der Waals surface area (Å²) < 4.78 is 0. The summed E-state index contributed by atoms with van der Waals surface area (Å²) in [6.45, 7) is 9.65. The van der Waals surface area contributed by atoms with E-state index in [1.807, 2.05) is 36.2 Å². The van der Waals surface area contributed by atoms with Crippen molar-refractivity contribution >= 4 is 11.7 Å². The van der Waals surface area contributed by atoms with Gasteiger partial charge in [-0.1, -0.05) is 44.2 Å². The second kappa shape index (κ2) is 8.35. The fourth-order valence-electron chi connectivity index (χ4n) is 3.53. The van der Waals surface area contributed by atoms with E-state index in [4.69, 9.17) is 0 Å². The van der Waals surface area contributed by atoms with Crippen molar-refractivity contribution in [2.45, 2.75) is 33.1 Å². The summed E-state index contributed by atoms with van der Waals surface area (Å²) in [7, 11) is 0. The van der Waals surface area contributed by atoms with Crippen molar-refractivity contribution in [1.29, 1.82) is 0 Å². The van der Waals surface area contributed by atoms with Crippen LogP contribution in [-0.2, 0) is 11.2 Å². The number of benzene rings is 1. The monoisotopic (exact) mass is 351 g/mol. The molecule has 2 aromatic rings. The Kier molecular flexibility index (Phi) is 5.92. The molecule has 0 spiro atoms. The van der Waals surface area contributed by atoms with Gasteiger partial charge in [-0.3, -0.25) is 4.79 Å². The molecule has 138 valence electrons. The Morgan fingerprint density at radius 2 is 1.69 bits per heavy atom. The van der Waals surface area contributed by atoms with Crippen LogP contribution in [0.3, 0.4) is 0 Å².